The lowest BCUT2D eigenvalue weighted by Crippen LogP contribution is -2.63. The van der Waals surface area contributed by atoms with Crippen LogP contribution < -0.4 is 9.46 Å². The van der Waals surface area contributed by atoms with Gasteiger partial charge in [-0.2, -0.15) is 0 Å². The van der Waals surface area contributed by atoms with Crippen LogP contribution in [0.3, 0.4) is 0 Å². The van der Waals surface area contributed by atoms with Crippen molar-refractivity contribution in [2.75, 3.05) is 6.61 Å². The zero-order chi connectivity index (χ0) is 26.8. The molecule has 7 nitrogen and oxygen atoms in total. The maximum atomic E-state index is 15.5. The van der Waals surface area contributed by atoms with Gasteiger partial charge in [0, 0.05) is 23.4 Å². The molecular weight excluding hydrogens is 548 g/mol. The molecule has 2 aliphatic heterocycles. The van der Waals surface area contributed by atoms with Crippen molar-refractivity contribution in [2.45, 2.75) is 60.0 Å². The molecule has 1 aliphatic carbocycles. The Hall–Kier alpha value is -2.08. The van der Waals surface area contributed by atoms with Gasteiger partial charge in [0.2, 0.25) is 10.0 Å². The summed E-state index contributed by atoms with van der Waals surface area (Å²) in [6, 6.07) is 6.70. The number of hydrogen-bond donors (Lipinski definition) is 1. The first-order valence-electron chi connectivity index (χ1n) is 12.0. The van der Waals surface area contributed by atoms with E-state index in [2.05, 4.69) is 4.72 Å². The van der Waals surface area contributed by atoms with Crippen LogP contribution in [0.4, 0.5) is 8.78 Å². The van der Waals surface area contributed by atoms with Gasteiger partial charge in [0.05, 0.1) is 22.3 Å². The number of Topliss-reactive ketones (excluding diaryl/α,β-unsaturated/α-hetero) is 1. The number of ether oxygens (including phenoxy) is 1. The average Bonchev–Trinajstić information content (AvgIpc) is 2.84. The van der Waals surface area contributed by atoms with Crippen molar-refractivity contribution in [3.63, 3.8) is 0 Å². The van der Waals surface area contributed by atoms with Crippen molar-refractivity contribution in [1.82, 2.24) is 4.72 Å². The molecule has 0 aromatic heterocycles. The van der Waals surface area contributed by atoms with Crippen LogP contribution in [-0.4, -0.2) is 40.5 Å². The van der Waals surface area contributed by atoms with Crippen molar-refractivity contribution in [1.29, 1.82) is 0 Å². The molecule has 200 valence electrons. The first-order valence-corrected chi connectivity index (χ1v) is 15.4. The van der Waals surface area contributed by atoms with Gasteiger partial charge in [0.15, 0.2) is 21.4 Å². The molecular formula is C25H26ClF2NO6S2. The molecule has 5 atom stereocenters. The Balaban J connectivity index is 1.69. The van der Waals surface area contributed by atoms with E-state index in [1.807, 2.05) is 0 Å². The summed E-state index contributed by atoms with van der Waals surface area (Å²) in [5, 5.41) is -0.609. The number of carbonyl (C=O) groups is 1. The monoisotopic (exact) mass is 573 g/mol. The van der Waals surface area contributed by atoms with Crippen LogP contribution in [0.2, 0.25) is 5.02 Å². The van der Waals surface area contributed by atoms with Crippen LogP contribution in [0.15, 0.2) is 41.3 Å². The maximum Gasteiger partial charge on any atom is 0.214 e. The SMILES string of the molecule is CC(=O)CC[C@@H]1C[C@@H]2[C@@H](CC[C@@]3(S(=O)(=O)c4ccc(Cl)cc4)c4c(F)ccc(F)c4OC[C@@H]23)NS1(=O)=O. The summed E-state index contributed by atoms with van der Waals surface area (Å²) in [6.45, 7) is 1.14. The molecule has 2 aromatic carbocycles. The van der Waals surface area contributed by atoms with Crippen LogP contribution in [0.25, 0.3) is 0 Å². The van der Waals surface area contributed by atoms with Crippen molar-refractivity contribution in [3.8, 4) is 5.75 Å². The Labute approximate surface area is 219 Å². The summed E-state index contributed by atoms with van der Waals surface area (Å²) < 4.78 is 91.6. The van der Waals surface area contributed by atoms with Gasteiger partial charge in [0.25, 0.3) is 0 Å². The second-order valence-corrected chi connectivity index (χ2v) is 14.7. The fourth-order valence-corrected chi connectivity index (χ4v) is 10.7. The summed E-state index contributed by atoms with van der Waals surface area (Å²) in [5.41, 5.74) is -0.356. The second-order valence-electron chi connectivity index (χ2n) is 10.1. The number of hydrogen-bond acceptors (Lipinski definition) is 6. The topological polar surface area (TPSA) is 107 Å². The normalized spacial score (nSPS) is 30.4. The summed E-state index contributed by atoms with van der Waals surface area (Å²) >= 11 is 5.98. The lowest BCUT2D eigenvalue weighted by atomic mass is 9.64. The molecule has 37 heavy (non-hydrogen) atoms. The predicted octanol–water partition coefficient (Wildman–Crippen LogP) is 4.14. The minimum atomic E-state index is -4.35. The molecule has 0 radical (unpaired) electrons. The third kappa shape index (κ3) is 4.18. The van der Waals surface area contributed by atoms with E-state index in [1.165, 1.54) is 31.2 Å². The number of fused-ring (bicyclic) bond motifs is 5. The van der Waals surface area contributed by atoms with Crippen LogP contribution in [0.1, 0.15) is 44.6 Å². The summed E-state index contributed by atoms with van der Waals surface area (Å²) in [5.74, 6) is -3.79. The minimum absolute atomic E-state index is 0.0566. The molecule has 2 heterocycles. The number of rotatable bonds is 5. The van der Waals surface area contributed by atoms with E-state index >= 15 is 4.39 Å². The van der Waals surface area contributed by atoms with Gasteiger partial charge in [-0.3, -0.25) is 0 Å². The quantitative estimate of drug-likeness (QED) is 0.576. The first kappa shape index (κ1) is 26.5. The summed E-state index contributed by atoms with van der Waals surface area (Å²) in [6.07, 6.45) is 0.174. The van der Waals surface area contributed by atoms with E-state index in [-0.39, 0.29) is 55.0 Å². The first-order chi connectivity index (χ1) is 17.4. The van der Waals surface area contributed by atoms with Crippen LogP contribution in [-0.2, 0) is 29.4 Å². The Kier molecular flexibility index (Phi) is 6.66. The molecule has 0 spiro atoms. The molecule has 1 saturated heterocycles. The Morgan fingerprint density at radius 3 is 2.51 bits per heavy atom. The van der Waals surface area contributed by atoms with E-state index < -0.39 is 65.1 Å². The smallest absolute Gasteiger partial charge is 0.214 e. The lowest BCUT2D eigenvalue weighted by Gasteiger charge is -2.54. The average molecular weight is 574 g/mol. The third-order valence-electron chi connectivity index (χ3n) is 8.06. The van der Waals surface area contributed by atoms with Gasteiger partial charge in [-0.1, -0.05) is 11.6 Å². The Morgan fingerprint density at radius 1 is 1.16 bits per heavy atom. The molecule has 0 unspecified atom stereocenters. The second kappa shape index (κ2) is 9.29. The van der Waals surface area contributed by atoms with E-state index in [0.29, 0.717) is 5.02 Å². The van der Waals surface area contributed by atoms with Crippen molar-refractivity contribution >= 4 is 37.2 Å². The van der Waals surface area contributed by atoms with Gasteiger partial charge < -0.3 is 9.53 Å². The van der Waals surface area contributed by atoms with E-state index in [0.717, 1.165) is 12.1 Å². The van der Waals surface area contributed by atoms with Crippen molar-refractivity contribution < 1.29 is 35.1 Å². The fourth-order valence-electron chi connectivity index (χ4n) is 6.35. The highest BCUT2D eigenvalue weighted by Crippen LogP contribution is 2.59. The number of sulfonamides is 1. The summed E-state index contributed by atoms with van der Waals surface area (Å²) in [4.78, 5) is 11.5. The zero-order valence-electron chi connectivity index (χ0n) is 19.9. The highest BCUT2D eigenvalue weighted by molar-refractivity contribution is 7.92. The van der Waals surface area contributed by atoms with Crippen LogP contribution in [0, 0.1) is 23.5 Å². The number of sulfone groups is 1. The number of ketones is 1. The third-order valence-corrected chi connectivity index (χ3v) is 12.8. The Morgan fingerprint density at radius 2 is 1.84 bits per heavy atom. The molecule has 1 N–H and O–H groups in total. The Bertz CT molecular complexity index is 1460. The molecule has 12 heteroatoms. The highest BCUT2D eigenvalue weighted by atomic mass is 35.5. The molecule has 3 aliphatic rings. The molecule has 2 fully saturated rings. The highest BCUT2D eigenvalue weighted by Gasteiger charge is 2.64. The van der Waals surface area contributed by atoms with Gasteiger partial charge >= 0.3 is 0 Å². The van der Waals surface area contributed by atoms with Gasteiger partial charge in [-0.25, -0.2) is 30.3 Å². The van der Waals surface area contributed by atoms with E-state index in [1.54, 1.807) is 0 Å². The van der Waals surface area contributed by atoms with Gasteiger partial charge in [-0.05, 0) is 74.9 Å². The molecule has 0 amide bonds. The zero-order valence-corrected chi connectivity index (χ0v) is 22.3. The number of nitrogens with one attached hydrogen (secondary N) is 1. The van der Waals surface area contributed by atoms with E-state index in [4.69, 9.17) is 16.3 Å². The van der Waals surface area contributed by atoms with Gasteiger partial charge in [-0.15, -0.1) is 0 Å². The molecule has 2 aromatic rings. The molecule has 0 bridgehead atoms. The fraction of sp³-hybridized carbons (Fsp3) is 0.480. The predicted molar refractivity (Wildman–Crippen MR) is 133 cm³/mol. The largest absolute Gasteiger partial charge is 0.490 e. The van der Waals surface area contributed by atoms with Crippen LogP contribution in [0.5, 0.6) is 5.75 Å². The standard InChI is InChI=1S/C25H26ClF2NO6S2/c1-14(30)2-5-17-12-18-19-13-35-24-21(28)9-8-20(27)23(24)25(19,11-10-22(18)29-37(17,33)34)36(31,32)16-6-3-15(26)4-7-16/h3-4,6-9,17-19,22,29H,2,5,10-13H2,1H3/t17-,18+,19+,22-,25+/m1/s1. The minimum Gasteiger partial charge on any atom is -0.490 e. The molecule has 1 saturated carbocycles. The van der Waals surface area contributed by atoms with Crippen molar-refractivity contribution in [2.24, 2.45) is 11.8 Å². The van der Waals surface area contributed by atoms with Crippen molar-refractivity contribution in [3.05, 3.63) is 58.6 Å². The number of benzene rings is 2. The summed E-state index contributed by atoms with van der Waals surface area (Å²) in [7, 11) is -8.11. The van der Waals surface area contributed by atoms with Crippen LogP contribution >= 0.6 is 11.6 Å². The maximum absolute atomic E-state index is 15.5. The number of carbonyl (C=O) groups excluding carboxylic acids is 1. The molecule has 5 rings (SSSR count). The van der Waals surface area contributed by atoms with E-state index in [9.17, 15) is 26.0 Å². The lowest BCUT2D eigenvalue weighted by molar-refractivity contribution is -0.117. The number of halogens is 3. The van der Waals surface area contributed by atoms with Gasteiger partial charge in [0.1, 0.15) is 16.3 Å².